The van der Waals surface area contributed by atoms with Crippen molar-refractivity contribution in [2.24, 2.45) is 0 Å². The summed E-state index contributed by atoms with van der Waals surface area (Å²) in [6, 6.07) is 7.12. The first-order valence-electron chi connectivity index (χ1n) is 8.88. The maximum absolute atomic E-state index is 12.7. The second-order valence-electron chi connectivity index (χ2n) is 6.27. The van der Waals surface area contributed by atoms with Gasteiger partial charge in [0.2, 0.25) is 10.0 Å². The van der Waals surface area contributed by atoms with E-state index in [1.54, 1.807) is 30.5 Å². The minimum Gasteiger partial charge on any atom is -0.379 e. The van der Waals surface area contributed by atoms with Gasteiger partial charge in [0.1, 0.15) is 0 Å². The highest BCUT2D eigenvalue weighted by molar-refractivity contribution is 7.98. The third kappa shape index (κ3) is 5.67. The van der Waals surface area contributed by atoms with Gasteiger partial charge in [-0.3, -0.25) is 4.79 Å². The summed E-state index contributed by atoms with van der Waals surface area (Å²) >= 11 is 7.35. The van der Waals surface area contributed by atoms with E-state index in [0.29, 0.717) is 42.6 Å². The van der Waals surface area contributed by atoms with E-state index in [4.69, 9.17) is 16.3 Å². The zero-order chi connectivity index (χ0) is 20.9. The number of amides is 1. The van der Waals surface area contributed by atoms with E-state index < -0.39 is 15.9 Å². The number of sulfonamides is 1. The van der Waals surface area contributed by atoms with Gasteiger partial charge in [0.15, 0.2) is 10.9 Å². The number of carbonyl (C=O) groups is 1. The van der Waals surface area contributed by atoms with Crippen LogP contribution in [0.3, 0.4) is 0 Å². The molecule has 0 saturated carbocycles. The Morgan fingerprint density at radius 2 is 1.97 bits per heavy atom. The number of thioether (sulfide) groups is 1. The second kappa shape index (κ2) is 9.86. The number of halogens is 1. The Hall–Kier alpha value is -1.72. The highest BCUT2D eigenvalue weighted by Crippen LogP contribution is 2.18. The van der Waals surface area contributed by atoms with Crippen LogP contribution in [-0.4, -0.2) is 61.2 Å². The van der Waals surface area contributed by atoms with E-state index in [9.17, 15) is 13.2 Å². The van der Waals surface area contributed by atoms with Gasteiger partial charge in [-0.25, -0.2) is 18.4 Å². The molecule has 29 heavy (non-hydrogen) atoms. The van der Waals surface area contributed by atoms with Crippen LogP contribution in [-0.2, 0) is 27.1 Å². The molecule has 11 heteroatoms. The number of hydrogen-bond acceptors (Lipinski definition) is 7. The molecule has 0 spiro atoms. The lowest BCUT2D eigenvalue weighted by molar-refractivity contribution is 0.0729. The maximum Gasteiger partial charge on any atom is 0.271 e. The smallest absolute Gasteiger partial charge is 0.271 e. The largest absolute Gasteiger partial charge is 0.379 e. The molecule has 0 unspecified atom stereocenters. The van der Waals surface area contributed by atoms with Crippen LogP contribution < -0.4 is 5.32 Å². The summed E-state index contributed by atoms with van der Waals surface area (Å²) < 4.78 is 32.1. The fraction of sp³-hybridized carbons (Fsp3) is 0.389. The highest BCUT2D eigenvalue weighted by atomic mass is 35.5. The predicted molar refractivity (Wildman–Crippen MR) is 111 cm³/mol. The first-order valence-corrected chi connectivity index (χ1v) is 12.1. The molecular weight excluding hydrogens is 436 g/mol. The summed E-state index contributed by atoms with van der Waals surface area (Å²) in [4.78, 5) is 20.7. The molecule has 1 amide bonds. The number of aromatic nitrogens is 2. The van der Waals surface area contributed by atoms with Crippen molar-refractivity contribution in [3.05, 3.63) is 52.3 Å². The lowest BCUT2D eigenvalue weighted by Gasteiger charge is -2.26. The van der Waals surface area contributed by atoms with Crippen LogP contribution in [0.1, 0.15) is 21.6 Å². The molecule has 0 atom stereocenters. The van der Waals surface area contributed by atoms with Crippen LogP contribution in [0, 0.1) is 0 Å². The number of rotatable bonds is 7. The lowest BCUT2D eigenvalue weighted by atomic mass is 10.1. The summed E-state index contributed by atoms with van der Waals surface area (Å²) in [6.07, 6.45) is 3.19. The van der Waals surface area contributed by atoms with Gasteiger partial charge < -0.3 is 10.1 Å². The van der Waals surface area contributed by atoms with E-state index in [2.05, 4.69) is 15.3 Å². The molecule has 3 rings (SSSR count). The Balaban J connectivity index is 1.72. The van der Waals surface area contributed by atoms with Gasteiger partial charge in [0.25, 0.3) is 5.91 Å². The molecule has 1 aromatic carbocycles. The molecule has 1 aromatic heterocycles. The topological polar surface area (TPSA) is 101 Å². The Bertz CT molecular complexity index is 982. The first kappa shape index (κ1) is 22.0. The summed E-state index contributed by atoms with van der Waals surface area (Å²) in [7, 11) is -3.47. The molecule has 1 N–H and O–H groups in total. The standard InChI is InChI=1S/C18H21ClN4O4S2/c1-28-18-21-11-15(19)16(22-18)17(24)20-10-13-4-2-3-5-14(13)12-29(25,26)23-6-8-27-9-7-23/h2-5,11H,6-10,12H2,1H3,(H,20,24). The normalized spacial score (nSPS) is 15.2. The number of benzene rings is 1. The van der Waals surface area contributed by atoms with Crippen LogP contribution in [0.25, 0.3) is 0 Å². The summed E-state index contributed by atoms with van der Waals surface area (Å²) in [6.45, 7) is 1.66. The van der Waals surface area contributed by atoms with Gasteiger partial charge in [-0.05, 0) is 17.4 Å². The number of nitrogens with one attached hydrogen (secondary N) is 1. The van der Waals surface area contributed by atoms with Crippen molar-refractivity contribution < 1.29 is 17.9 Å². The van der Waals surface area contributed by atoms with Crippen molar-refractivity contribution in [1.82, 2.24) is 19.6 Å². The Morgan fingerprint density at radius 3 is 2.66 bits per heavy atom. The van der Waals surface area contributed by atoms with Crippen molar-refractivity contribution in [1.29, 1.82) is 0 Å². The SMILES string of the molecule is CSc1ncc(Cl)c(C(=O)NCc2ccccc2CS(=O)(=O)N2CCOCC2)n1. The zero-order valence-electron chi connectivity index (χ0n) is 15.8. The molecule has 156 valence electrons. The van der Waals surface area contributed by atoms with Crippen LogP contribution in [0.15, 0.2) is 35.6 Å². The Morgan fingerprint density at radius 1 is 1.28 bits per heavy atom. The van der Waals surface area contributed by atoms with E-state index in [0.717, 1.165) is 0 Å². The van der Waals surface area contributed by atoms with Crippen molar-refractivity contribution in [3.63, 3.8) is 0 Å². The molecule has 2 aromatic rings. The predicted octanol–water partition coefficient (Wildman–Crippen LogP) is 1.94. The van der Waals surface area contributed by atoms with Crippen molar-refractivity contribution in [3.8, 4) is 0 Å². The Kier molecular flexibility index (Phi) is 7.47. The molecule has 1 fully saturated rings. The van der Waals surface area contributed by atoms with Crippen molar-refractivity contribution in [2.45, 2.75) is 17.5 Å². The second-order valence-corrected chi connectivity index (χ2v) is 9.42. The van der Waals surface area contributed by atoms with Gasteiger partial charge in [-0.15, -0.1) is 0 Å². The van der Waals surface area contributed by atoms with E-state index in [1.165, 1.54) is 22.3 Å². The van der Waals surface area contributed by atoms with Gasteiger partial charge in [-0.2, -0.15) is 4.31 Å². The summed E-state index contributed by atoms with van der Waals surface area (Å²) in [5, 5.41) is 3.36. The summed E-state index contributed by atoms with van der Waals surface area (Å²) in [5.74, 6) is -0.581. The molecule has 0 aliphatic carbocycles. The average molecular weight is 457 g/mol. The third-order valence-corrected chi connectivity index (χ3v) is 7.04. The fourth-order valence-electron chi connectivity index (χ4n) is 2.85. The highest BCUT2D eigenvalue weighted by Gasteiger charge is 2.25. The molecular formula is C18H21ClN4O4S2. The van der Waals surface area contributed by atoms with E-state index in [-0.39, 0.29) is 23.0 Å². The van der Waals surface area contributed by atoms with E-state index in [1.807, 2.05) is 0 Å². The van der Waals surface area contributed by atoms with Gasteiger partial charge in [0, 0.05) is 19.6 Å². The molecule has 1 aliphatic rings. The number of morpholine rings is 1. The van der Waals surface area contributed by atoms with Crippen LogP contribution in [0.4, 0.5) is 0 Å². The third-order valence-electron chi connectivity index (χ3n) is 4.38. The molecule has 1 saturated heterocycles. The average Bonchev–Trinajstić information content (AvgIpc) is 2.73. The molecule has 0 radical (unpaired) electrons. The minimum atomic E-state index is -3.47. The number of hydrogen-bond donors (Lipinski definition) is 1. The maximum atomic E-state index is 12.7. The number of carbonyl (C=O) groups excluding carboxylic acids is 1. The Labute approximate surface area is 179 Å². The first-order chi connectivity index (χ1) is 13.9. The van der Waals surface area contributed by atoms with Crippen LogP contribution in [0.2, 0.25) is 5.02 Å². The quantitative estimate of drug-likeness (QED) is 0.501. The fourth-order valence-corrected chi connectivity index (χ4v) is 4.93. The van der Waals surface area contributed by atoms with Gasteiger partial charge in [0.05, 0.1) is 30.2 Å². The molecule has 2 heterocycles. The van der Waals surface area contributed by atoms with Crippen molar-refractivity contribution in [2.75, 3.05) is 32.6 Å². The molecule has 0 bridgehead atoms. The van der Waals surface area contributed by atoms with Crippen LogP contribution >= 0.6 is 23.4 Å². The number of ether oxygens (including phenoxy) is 1. The molecule has 8 nitrogen and oxygen atoms in total. The summed E-state index contributed by atoms with van der Waals surface area (Å²) in [5.41, 5.74) is 1.44. The number of nitrogens with zero attached hydrogens (tertiary/aromatic N) is 3. The monoisotopic (exact) mass is 456 g/mol. The van der Waals surface area contributed by atoms with Crippen molar-refractivity contribution >= 4 is 39.3 Å². The van der Waals surface area contributed by atoms with Crippen LogP contribution in [0.5, 0.6) is 0 Å². The lowest BCUT2D eigenvalue weighted by Crippen LogP contribution is -2.41. The molecule has 1 aliphatic heterocycles. The van der Waals surface area contributed by atoms with Gasteiger partial charge in [-0.1, -0.05) is 47.6 Å². The van der Waals surface area contributed by atoms with E-state index >= 15 is 0 Å². The zero-order valence-corrected chi connectivity index (χ0v) is 18.2. The van der Waals surface area contributed by atoms with Gasteiger partial charge >= 0.3 is 0 Å². The minimum absolute atomic E-state index is 0.0874.